The first-order valence-corrected chi connectivity index (χ1v) is 4.42. The van der Waals surface area contributed by atoms with Gasteiger partial charge in [0.2, 0.25) is 0 Å². The van der Waals surface area contributed by atoms with Crippen LogP contribution in [-0.4, -0.2) is 6.07 Å². The van der Waals surface area contributed by atoms with Crippen molar-refractivity contribution in [1.82, 2.24) is 0 Å². The minimum Gasteiger partial charge on any atom is -0.477 e. The smallest absolute Gasteiger partial charge is 0.162 e. The van der Waals surface area contributed by atoms with Gasteiger partial charge < -0.3 is 4.74 Å². The van der Waals surface area contributed by atoms with Crippen molar-refractivity contribution in [2.45, 2.75) is 13.8 Å². The maximum absolute atomic E-state index is 8.69. The van der Waals surface area contributed by atoms with Crippen molar-refractivity contribution < 1.29 is 4.74 Å². The zero-order valence-electron chi connectivity index (χ0n) is 7.60. The molecule has 3 heteroatoms. The SMILES string of the molecule is Cc1cc(C#N)cc(C)c1OCCl. The summed E-state index contributed by atoms with van der Waals surface area (Å²) in [7, 11) is 0. The van der Waals surface area contributed by atoms with Crippen molar-refractivity contribution in [2.75, 3.05) is 6.07 Å². The van der Waals surface area contributed by atoms with E-state index >= 15 is 0 Å². The van der Waals surface area contributed by atoms with Gasteiger partial charge in [0.1, 0.15) is 5.75 Å². The first-order chi connectivity index (χ1) is 6.19. The van der Waals surface area contributed by atoms with Gasteiger partial charge in [-0.3, -0.25) is 0 Å². The zero-order valence-corrected chi connectivity index (χ0v) is 8.35. The van der Waals surface area contributed by atoms with Gasteiger partial charge in [0.15, 0.2) is 6.07 Å². The summed E-state index contributed by atoms with van der Waals surface area (Å²) in [6.07, 6.45) is 0. The van der Waals surface area contributed by atoms with Crippen LogP contribution in [0.15, 0.2) is 12.1 Å². The summed E-state index contributed by atoms with van der Waals surface area (Å²) in [6.45, 7) is 3.80. The third-order valence-electron chi connectivity index (χ3n) is 1.79. The maximum atomic E-state index is 8.69. The number of nitriles is 1. The van der Waals surface area contributed by atoms with Gasteiger partial charge in [0, 0.05) is 0 Å². The molecule has 0 bridgehead atoms. The molecule has 13 heavy (non-hydrogen) atoms. The molecule has 0 saturated carbocycles. The van der Waals surface area contributed by atoms with Crippen LogP contribution in [-0.2, 0) is 0 Å². The van der Waals surface area contributed by atoms with Gasteiger partial charge in [-0.2, -0.15) is 5.26 Å². The average Bonchev–Trinajstić information content (AvgIpc) is 2.11. The summed E-state index contributed by atoms with van der Waals surface area (Å²) >= 11 is 5.47. The van der Waals surface area contributed by atoms with Crippen molar-refractivity contribution >= 4 is 11.6 Å². The average molecular weight is 196 g/mol. The van der Waals surface area contributed by atoms with Crippen LogP contribution in [0.2, 0.25) is 0 Å². The molecule has 0 heterocycles. The quantitative estimate of drug-likeness (QED) is 0.680. The Kier molecular flexibility index (Phi) is 3.16. The molecule has 0 unspecified atom stereocenters. The summed E-state index contributed by atoms with van der Waals surface area (Å²) in [6, 6.07) is 5.80. The van der Waals surface area contributed by atoms with Crippen LogP contribution in [0.4, 0.5) is 0 Å². The minimum atomic E-state index is 0.133. The van der Waals surface area contributed by atoms with Crippen LogP contribution in [0, 0.1) is 25.2 Å². The summed E-state index contributed by atoms with van der Waals surface area (Å²) in [4.78, 5) is 0. The second-order valence-corrected chi connectivity index (χ2v) is 3.02. The minimum absolute atomic E-state index is 0.133. The Morgan fingerprint density at radius 3 is 2.31 bits per heavy atom. The molecular formula is C10H10ClNO. The number of nitrogens with zero attached hydrogens (tertiary/aromatic N) is 1. The fraction of sp³-hybridized carbons (Fsp3) is 0.300. The van der Waals surface area contributed by atoms with E-state index in [2.05, 4.69) is 6.07 Å². The van der Waals surface area contributed by atoms with Gasteiger partial charge in [-0.1, -0.05) is 11.6 Å². The number of ether oxygens (including phenoxy) is 1. The Hall–Kier alpha value is -1.20. The molecule has 0 amide bonds. The predicted octanol–water partition coefficient (Wildman–Crippen LogP) is 2.75. The molecule has 0 aromatic heterocycles. The van der Waals surface area contributed by atoms with Crippen molar-refractivity contribution in [2.24, 2.45) is 0 Å². The van der Waals surface area contributed by atoms with Gasteiger partial charge in [0.05, 0.1) is 11.6 Å². The van der Waals surface area contributed by atoms with Crippen LogP contribution in [0.1, 0.15) is 16.7 Å². The molecule has 2 nitrogen and oxygen atoms in total. The molecule has 0 N–H and O–H groups in total. The monoisotopic (exact) mass is 195 g/mol. The summed E-state index contributed by atoms with van der Waals surface area (Å²) in [5.74, 6) is 0.772. The van der Waals surface area contributed by atoms with E-state index in [-0.39, 0.29) is 6.07 Å². The van der Waals surface area contributed by atoms with E-state index in [4.69, 9.17) is 21.6 Å². The molecule has 0 fully saturated rings. The molecule has 0 radical (unpaired) electrons. The fourth-order valence-electron chi connectivity index (χ4n) is 1.30. The lowest BCUT2D eigenvalue weighted by molar-refractivity contribution is 0.382. The molecule has 1 aromatic carbocycles. The summed E-state index contributed by atoms with van der Waals surface area (Å²) < 4.78 is 5.22. The predicted molar refractivity (Wildman–Crippen MR) is 52.0 cm³/mol. The van der Waals surface area contributed by atoms with E-state index in [9.17, 15) is 0 Å². The van der Waals surface area contributed by atoms with E-state index in [0.717, 1.165) is 16.9 Å². The molecule has 1 aromatic rings. The molecule has 1 rings (SSSR count). The third kappa shape index (κ3) is 2.13. The molecule has 0 atom stereocenters. The van der Waals surface area contributed by atoms with E-state index in [1.165, 1.54) is 0 Å². The second-order valence-electron chi connectivity index (χ2n) is 2.80. The van der Waals surface area contributed by atoms with Crippen molar-refractivity contribution in [1.29, 1.82) is 5.26 Å². The number of hydrogen-bond acceptors (Lipinski definition) is 2. The highest BCUT2D eigenvalue weighted by molar-refractivity contribution is 6.17. The normalized spacial score (nSPS) is 9.38. The largest absolute Gasteiger partial charge is 0.477 e. The van der Waals surface area contributed by atoms with Gasteiger partial charge in [-0.25, -0.2) is 0 Å². The van der Waals surface area contributed by atoms with Gasteiger partial charge in [0.25, 0.3) is 0 Å². The van der Waals surface area contributed by atoms with Crippen LogP contribution >= 0.6 is 11.6 Å². The second kappa shape index (κ2) is 4.15. The molecular weight excluding hydrogens is 186 g/mol. The Bertz CT molecular complexity index is 331. The van der Waals surface area contributed by atoms with Gasteiger partial charge >= 0.3 is 0 Å². The van der Waals surface area contributed by atoms with Gasteiger partial charge in [-0.15, -0.1) is 0 Å². The molecule has 0 aliphatic heterocycles. The van der Waals surface area contributed by atoms with E-state index < -0.39 is 0 Å². The molecule has 0 spiro atoms. The number of rotatable bonds is 2. The Balaban J connectivity index is 3.17. The lowest BCUT2D eigenvalue weighted by Crippen LogP contribution is -1.95. The van der Waals surface area contributed by atoms with E-state index in [1.54, 1.807) is 12.1 Å². The van der Waals surface area contributed by atoms with E-state index in [1.807, 2.05) is 13.8 Å². The molecule has 0 saturated heterocycles. The number of benzene rings is 1. The third-order valence-corrected chi connectivity index (χ3v) is 1.90. The lowest BCUT2D eigenvalue weighted by Gasteiger charge is -2.09. The summed E-state index contributed by atoms with van der Waals surface area (Å²) in [5.41, 5.74) is 2.53. The number of hydrogen-bond donors (Lipinski definition) is 0. The standard InChI is InChI=1S/C10H10ClNO/c1-7-3-9(5-12)4-8(2)10(7)13-6-11/h3-4H,6H2,1-2H3. The molecule has 0 aliphatic rings. The van der Waals surface area contributed by atoms with Crippen molar-refractivity contribution in [3.8, 4) is 11.8 Å². The van der Waals surface area contributed by atoms with Gasteiger partial charge in [-0.05, 0) is 37.1 Å². The first kappa shape index (κ1) is 9.88. The Morgan fingerprint density at radius 2 is 1.92 bits per heavy atom. The highest BCUT2D eigenvalue weighted by Crippen LogP contribution is 2.24. The van der Waals surface area contributed by atoms with E-state index in [0.29, 0.717) is 5.56 Å². The number of aryl methyl sites for hydroxylation is 2. The number of alkyl halides is 1. The maximum Gasteiger partial charge on any atom is 0.162 e. The first-order valence-electron chi connectivity index (χ1n) is 3.89. The fourth-order valence-corrected chi connectivity index (χ4v) is 1.41. The lowest BCUT2D eigenvalue weighted by atomic mass is 10.1. The molecule has 0 aliphatic carbocycles. The highest BCUT2D eigenvalue weighted by atomic mass is 35.5. The molecule has 68 valence electrons. The highest BCUT2D eigenvalue weighted by Gasteiger charge is 2.05. The number of halogens is 1. The van der Waals surface area contributed by atoms with Crippen molar-refractivity contribution in [3.05, 3.63) is 28.8 Å². The van der Waals surface area contributed by atoms with Crippen molar-refractivity contribution in [3.63, 3.8) is 0 Å². The van der Waals surface area contributed by atoms with Crippen LogP contribution < -0.4 is 4.74 Å². The topological polar surface area (TPSA) is 33.0 Å². The van der Waals surface area contributed by atoms with Crippen LogP contribution in [0.25, 0.3) is 0 Å². The Labute approximate surface area is 82.7 Å². The van der Waals surface area contributed by atoms with Crippen LogP contribution in [0.5, 0.6) is 5.75 Å². The zero-order chi connectivity index (χ0) is 9.84. The van der Waals surface area contributed by atoms with Crippen LogP contribution in [0.3, 0.4) is 0 Å². The Morgan fingerprint density at radius 1 is 1.38 bits per heavy atom. The summed E-state index contributed by atoms with van der Waals surface area (Å²) in [5, 5.41) is 8.69.